The molecule has 0 radical (unpaired) electrons. The largest absolute Gasteiger partial charge is 0.494 e. The van der Waals surface area contributed by atoms with Crippen molar-refractivity contribution in [1.29, 1.82) is 0 Å². The van der Waals surface area contributed by atoms with Gasteiger partial charge in [0.25, 0.3) is 11.8 Å². The predicted octanol–water partition coefficient (Wildman–Crippen LogP) is 1.66. The summed E-state index contributed by atoms with van der Waals surface area (Å²) in [5.74, 6) is -0.760. The molecule has 1 aromatic carbocycles. The molecule has 0 aliphatic rings. The molecule has 0 spiro atoms. The van der Waals surface area contributed by atoms with E-state index in [1.165, 1.54) is 0 Å². The minimum absolute atomic E-state index is 0.0279. The average Bonchev–Trinajstić information content (AvgIpc) is 2.58. The molecule has 2 N–H and O–H groups in total. The summed E-state index contributed by atoms with van der Waals surface area (Å²) in [6.45, 7) is 5.66. The number of benzene rings is 1. The standard InChI is InChI=1S/C18H26N2O5/c1-4-5-10-24-15-8-6-14(7-9-15)18(23)19-11-17(22)25-12-16(21)20-13(2)3/h6-9,13H,4-5,10-12H2,1-3H3,(H,19,23)(H,20,21). The van der Waals surface area contributed by atoms with Crippen LogP contribution in [0.4, 0.5) is 0 Å². The van der Waals surface area contributed by atoms with E-state index in [2.05, 4.69) is 17.6 Å². The number of carbonyl (C=O) groups is 3. The summed E-state index contributed by atoms with van der Waals surface area (Å²) in [6.07, 6.45) is 2.02. The summed E-state index contributed by atoms with van der Waals surface area (Å²) < 4.78 is 10.3. The Bertz CT molecular complexity index is 569. The summed E-state index contributed by atoms with van der Waals surface area (Å²) in [4.78, 5) is 34.9. The minimum Gasteiger partial charge on any atom is -0.494 e. The lowest BCUT2D eigenvalue weighted by molar-refractivity contribution is -0.147. The Morgan fingerprint density at radius 3 is 2.40 bits per heavy atom. The number of nitrogens with one attached hydrogen (secondary N) is 2. The van der Waals surface area contributed by atoms with Gasteiger partial charge in [-0.25, -0.2) is 0 Å². The Labute approximate surface area is 148 Å². The van der Waals surface area contributed by atoms with Gasteiger partial charge in [0.1, 0.15) is 12.3 Å². The van der Waals surface area contributed by atoms with E-state index in [1.54, 1.807) is 38.1 Å². The fraction of sp³-hybridized carbons (Fsp3) is 0.500. The molecular formula is C18H26N2O5. The highest BCUT2D eigenvalue weighted by atomic mass is 16.5. The van der Waals surface area contributed by atoms with Crippen molar-refractivity contribution in [3.63, 3.8) is 0 Å². The predicted molar refractivity (Wildman–Crippen MR) is 93.4 cm³/mol. The molecule has 25 heavy (non-hydrogen) atoms. The van der Waals surface area contributed by atoms with Gasteiger partial charge in [0.2, 0.25) is 0 Å². The normalized spacial score (nSPS) is 10.2. The smallest absolute Gasteiger partial charge is 0.325 e. The Morgan fingerprint density at radius 2 is 1.80 bits per heavy atom. The van der Waals surface area contributed by atoms with E-state index in [0.717, 1.165) is 12.8 Å². The second-order valence-electron chi connectivity index (χ2n) is 5.79. The number of esters is 1. The van der Waals surface area contributed by atoms with Crippen LogP contribution in [-0.2, 0) is 14.3 Å². The molecule has 0 saturated heterocycles. The number of unbranched alkanes of at least 4 members (excludes halogenated alkanes) is 1. The van der Waals surface area contributed by atoms with E-state index in [0.29, 0.717) is 17.9 Å². The molecule has 0 heterocycles. The molecule has 7 nitrogen and oxygen atoms in total. The molecule has 2 amide bonds. The number of amides is 2. The molecule has 1 aromatic rings. The molecule has 7 heteroatoms. The van der Waals surface area contributed by atoms with Crippen LogP contribution >= 0.6 is 0 Å². The lowest BCUT2D eigenvalue weighted by Crippen LogP contribution is -2.36. The van der Waals surface area contributed by atoms with Gasteiger partial charge in [-0.15, -0.1) is 0 Å². The van der Waals surface area contributed by atoms with Crippen molar-refractivity contribution < 1.29 is 23.9 Å². The van der Waals surface area contributed by atoms with Crippen LogP contribution in [0, 0.1) is 0 Å². The molecule has 0 atom stereocenters. The van der Waals surface area contributed by atoms with Crippen molar-refractivity contribution in [2.24, 2.45) is 0 Å². The second-order valence-corrected chi connectivity index (χ2v) is 5.79. The van der Waals surface area contributed by atoms with Gasteiger partial charge >= 0.3 is 5.97 Å². The first-order valence-electron chi connectivity index (χ1n) is 8.38. The highest BCUT2D eigenvalue weighted by Crippen LogP contribution is 2.12. The third-order valence-electron chi connectivity index (χ3n) is 3.09. The maximum Gasteiger partial charge on any atom is 0.325 e. The topological polar surface area (TPSA) is 93.7 Å². The fourth-order valence-corrected chi connectivity index (χ4v) is 1.85. The molecular weight excluding hydrogens is 324 g/mol. The summed E-state index contributed by atoms with van der Waals surface area (Å²) in [7, 11) is 0. The van der Waals surface area contributed by atoms with Crippen molar-refractivity contribution in [3.05, 3.63) is 29.8 Å². The van der Waals surface area contributed by atoms with E-state index in [1.807, 2.05) is 0 Å². The van der Waals surface area contributed by atoms with Crippen molar-refractivity contribution in [3.8, 4) is 5.75 Å². The van der Waals surface area contributed by atoms with E-state index in [-0.39, 0.29) is 25.1 Å². The number of hydrogen-bond donors (Lipinski definition) is 2. The number of carbonyl (C=O) groups excluding carboxylic acids is 3. The highest BCUT2D eigenvalue weighted by Gasteiger charge is 2.11. The molecule has 0 fully saturated rings. The van der Waals surface area contributed by atoms with Crippen LogP contribution in [-0.4, -0.2) is 43.6 Å². The Kier molecular flexibility index (Phi) is 9.06. The van der Waals surface area contributed by atoms with E-state index in [9.17, 15) is 14.4 Å². The molecule has 0 aliphatic carbocycles. The van der Waals surface area contributed by atoms with Gasteiger partial charge in [-0.2, -0.15) is 0 Å². The quantitative estimate of drug-likeness (QED) is 0.494. The Morgan fingerprint density at radius 1 is 1.12 bits per heavy atom. The zero-order chi connectivity index (χ0) is 18.7. The third kappa shape index (κ3) is 8.74. The first-order chi connectivity index (χ1) is 11.9. The molecule has 0 aromatic heterocycles. The van der Waals surface area contributed by atoms with Crippen LogP contribution < -0.4 is 15.4 Å². The molecule has 138 valence electrons. The second kappa shape index (κ2) is 11.1. The zero-order valence-corrected chi connectivity index (χ0v) is 15.0. The van der Waals surface area contributed by atoms with Crippen LogP contribution in [0.5, 0.6) is 5.75 Å². The monoisotopic (exact) mass is 350 g/mol. The van der Waals surface area contributed by atoms with Crippen LogP contribution in [0.15, 0.2) is 24.3 Å². The molecule has 0 saturated carbocycles. The maximum absolute atomic E-state index is 12.0. The lowest BCUT2D eigenvalue weighted by atomic mass is 10.2. The first-order valence-corrected chi connectivity index (χ1v) is 8.38. The van der Waals surface area contributed by atoms with Gasteiger partial charge in [-0.3, -0.25) is 14.4 Å². The van der Waals surface area contributed by atoms with Crippen molar-refractivity contribution in [2.75, 3.05) is 19.8 Å². The average molecular weight is 350 g/mol. The van der Waals surface area contributed by atoms with Crippen molar-refractivity contribution >= 4 is 17.8 Å². The first kappa shape index (κ1) is 20.5. The molecule has 0 aliphatic heterocycles. The van der Waals surface area contributed by atoms with Crippen LogP contribution in [0.3, 0.4) is 0 Å². The van der Waals surface area contributed by atoms with Gasteiger partial charge in [-0.05, 0) is 44.5 Å². The molecule has 0 bridgehead atoms. The minimum atomic E-state index is -0.674. The van der Waals surface area contributed by atoms with Crippen LogP contribution in [0.25, 0.3) is 0 Å². The van der Waals surface area contributed by atoms with Gasteiger partial charge < -0.3 is 20.1 Å². The van der Waals surface area contributed by atoms with E-state index in [4.69, 9.17) is 9.47 Å². The maximum atomic E-state index is 12.0. The Balaban J connectivity index is 2.33. The van der Waals surface area contributed by atoms with E-state index < -0.39 is 11.9 Å². The highest BCUT2D eigenvalue weighted by molar-refractivity contribution is 5.96. The lowest BCUT2D eigenvalue weighted by Gasteiger charge is -2.09. The summed E-state index contributed by atoms with van der Waals surface area (Å²) in [5, 5.41) is 5.05. The SMILES string of the molecule is CCCCOc1ccc(C(=O)NCC(=O)OCC(=O)NC(C)C)cc1. The fourth-order valence-electron chi connectivity index (χ4n) is 1.85. The van der Waals surface area contributed by atoms with Gasteiger partial charge in [-0.1, -0.05) is 13.3 Å². The Hall–Kier alpha value is -2.57. The van der Waals surface area contributed by atoms with E-state index >= 15 is 0 Å². The zero-order valence-electron chi connectivity index (χ0n) is 15.0. The van der Waals surface area contributed by atoms with Gasteiger partial charge in [0, 0.05) is 11.6 Å². The van der Waals surface area contributed by atoms with Crippen molar-refractivity contribution in [2.45, 2.75) is 39.7 Å². The third-order valence-corrected chi connectivity index (χ3v) is 3.09. The van der Waals surface area contributed by atoms with Gasteiger partial charge in [0.15, 0.2) is 6.61 Å². The summed E-state index contributed by atoms with van der Waals surface area (Å²) in [5.41, 5.74) is 0.410. The molecule has 1 rings (SSSR count). The number of rotatable bonds is 10. The van der Waals surface area contributed by atoms with Gasteiger partial charge in [0.05, 0.1) is 6.61 Å². The molecule has 0 unspecified atom stereocenters. The van der Waals surface area contributed by atoms with Crippen molar-refractivity contribution in [1.82, 2.24) is 10.6 Å². The number of hydrogen-bond acceptors (Lipinski definition) is 5. The summed E-state index contributed by atoms with van der Waals surface area (Å²) >= 11 is 0. The number of ether oxygens (including phenoxy) is 2. The summed E-state index contributed by atoms with van der Waals surface area (Å²) in [6, 6.07) is 6.63. The van der Waals surface area contributed by atoms with Crippen LogP contribution in [0.1, 0.15) is 44.0 Å². The van der Waals surface area contributed by atoms with Crippen LogP contribution in [0.2, 0.25) is 0 Å².